The van der Waals surface area contributed by atoms with Crippen LogP contribution >= 0.6 is 0 Å². The Morgan fingerprint density at radius 2 is 1.86 bits per heavy atom. The van der Waals surface area contributed by atoms with Gasteiger partial charge in [-0.2, -0.15) is 0 Å². The number of hydrogen-bond acceptors (Lipinski definition) is 4. The highest BCUT2D eigenvalue weighted by Gasteiger charge is 2.20. The molecule has 0 unspecified atom stereocenters. The van der Waals surface area contributed by atoms with Gasteiger partial charge in [0.15, 0.2) is 0 Å². The maximum Gasteiger partial charge on any atom is 0.326 e. The Morgan fingerprint density at radius 3 is 2.41 bits per heavy atom. The third kappa shape index (κ3) is 6.34. The number of rotatable bonds is 8. The molecule has 0 aliphatic heterocycles. The van der Waals surface area contributed by atoms with Crippen LogP contribution in [0.4, 0.5) is 4.39 Å². The molecule has 0 aliphatic carbocycles. The van der Waals surface area contributed by atoms with Gasteiger partial charge in [0.05, 0.1) is 13.0 Å². The molecule has 0 saturated heterocycles. The quantitative estimate of drug-likeness (QED) is 0.706. The summed E-state index contributed by atoms with van der Waals surface area (Å²) >= 11 is 0. The average Bonchev–Trinajstić information content (AvgIpc) is 2.47. The molecule has 0 aromatic heterocycles. The van der Waals surface area contributed by atoms with Gasteiger partial charge >= 0.3 is 11.9 Å². The molecule has 6 nitrogen and oxygen atoms in total. The van der Waals surface area contributed by atoms with Crippen molar-refractivity contribution < 1.29 is 28.6 Å². The summed E-state index contributed by atoms with van der Waals surface area (Å²) in [6.45, 7) is 1.88. The third-order valence-electron chi connectivity index (χ3n) is 2.85. The van der Waals surface area contributed by atoms with Gasteiger partial charge in [-0.3, -0.25) is 9.59 Å². The summed E-state index contributed by atoms with van der Waals surface area (Å²) in [6.07, 6.45) is -0.227. The second-order valence-corrected chi connectivity index (χ2v) is 4.59. The molecule has 0 radical (unpaired) electrons. The van der Waals surface area contributed by atoms with E-state index in [0.717, 1.165) is 0 Å². The van der Waals surface area contributed by atoms with E-state index in [1.54, 1.807) is 6.92 Å². The Kier molecular flexibility index (Phi) is 7.01. The SMILES string of the molecule is CCOC(=O)CCC(=O)N[C@@H](Cc1ccc(F)cc1)C(=O)O. The first-order valence-corrected chi connectivity index (χ1v) is 6.84. The van der Waals surface area contributed by atoms with E-state index < -0.39 is 29.7 Å². The number of halogens is 1. The van der Waals surface area contributed by atoms with Crippen molar-refractivity contribution in [3.63, 3.8) is 0 Å². The normalized spacial score (nSPS) is 11.5. The molecular weight excluding hydrogens is 293 g/mol. The van der Waals surface area contributed by atoms with Crippen molar-refractivity contribution in [2.75, 3.05) is 6.61 Å². The van der Waals surface area contributed by atoms with Gasteiger partial charge in [0.2, 0.25) is 5.91 Å². The molecule has 2 N–H and O–H groups in total. The molecule has 0 bridgehead atoms. The highest BCUT2D eigenvalue weighted by atomic mass is 19.1. The highest BCUT2D eigenvalue weighted by molar-refractivity contribution is 5.85. The van der Waals surface area contributed by atoms with Gasteiger partial charge in [0, 0.05) is 12.8 Å². The number of amides is 1. The summed E-state index contributed by atoms with van der Waals surface area (Å²) < 4.78 is 17.5. The lowest BCUT2D eigenvalue weighted by Crippen LogP contribution is -2.42. The molecule has 0 spiro atoms. The summed E-state index contributed by atoms with van der Waals surface area (Å²) in [4.78, 5) is 34.0. The van der Waals surface area contributed by atoms with Gasteiger partial charge in [0.25, 0.3) is 0 Å². The van der Waals surface area contributed by atoms with Crippen LogP contribution in [0, 0.1) is 5.82 Å². The summed E-state index contributed by atoms with van der Waals surface area (Å²) in [5, 5.41) is 11.5. The van der Waals surface area contributed by atoms with Crippen molar-refractivity contribution in [2.24, 2.45) is 0 Å². The number of aliphatic carboxylic acids is 1. The van der Waals surface area contributed by atoms with E-state index in [1.165, 1.54) is 24.3 Å². The fourth-order valence-electron chi connectivity index (χ4n) is 1.77. The van der Waals surface area contributed by atoms with Gasteiger partial charge in [-0.15, -0.1) is 0 Å². The summed E-state index contributed by atoms with van der Waals surface area (Å²) in [6, 6.07) is 4.21. The maximum absolute atomic E-state index is 12.8. The van der Waals surface area contributed by atoms with E-state index in [4.69, 9.17) is 5.11 Å². The number of nitrogens with one attached hydrogen (secondary N) is 1. The number of carbonyl (C=O) groups is 3. The van der Waals surface area contributed by atoms with E-state index in [1.807, 2.05) is 0 Å². The molecule has 1 aromatic rings. The lowest BCUT2D eigenvalue weighted by Gasteiger charge is -2.14. The molecule has 1 amide bonds. The third-order valence-corrected chi connectivity index (χ3v) is 2.85. The first-order valence-electron chi connectivity index (χ1n) is 6.84. The Labute approximate surface area is 127 Å². The molecule has 1 aromatic carbocycles. The fraction of sp³-hybridized carbons (Fsp3) is 0.400. The molecule has 1 rings (SSSR count). The second kappa shape index (κ2) is 8.76. The van der Waals surface area contributed by atoms with Gasteiger partial charge in [-0.05, 0) is 24.6 Å². The van der Waals surface area contributed by atoms with Gasteiger partial charge in [-0.25, -0.2) is 9.18 Å². The highest BCUT2D eigenvalue weighted by Crippen LogP contribution is 2.07. The monoisotopic (exact) mass is 311 g/mol. The number of esters is 1. The zero-order chi connectivity index (χ0) is 16.5. The summed E-state index contributed by atoms with van der Waals surface area (Å²) in [7, 11) is 0. The van der Waals surface area contributed by atoms with Gasteiger partial charge < -0.3 is 15.2 Å². The van der Waals surface area contributed by atoms with Crippen LogP contribution in [-0.4, -0.2) is 35.6 Å². The van der Waals surface area contributed by atoms with Gasteiger partial charge in [-0.1, -0.05) is 12.1 Å². The molecule has 7 heteroatoms. The fourth-order valence-corrected chi connectivity index (χ4v) is 1.77. The van der Waals surface area contributed by atoms with Crippen LogP contribution < -0.4 is 5.32 Å². The van der Waals surface area contributed by atoms with Crippen molar-refractivity contribution in [3.8, 4) is 0 Å². The predicted octanol–water partition coefficient (Wildman–Crippen LogP) is 1.28. The maximum atomic E-state index is 12.8. The lowest BCUT2D eigenvalue weighted by atomic mass is 10.1. The molecule has 120 valence electrons. The first kappa shape index (κ1) is 17.6. The van der Waals surface area contributed by atoms with Crippen molar-refractivity contribution in [1.29, 1.82) is 0 Å². The zero-order valence-electron chi connectivity index (χ0n) is 12.2. The number of carboxylic acid groups (broad SMARTS) is 1. The second-order valence-electron chi connectivity index (χ2n) is 4.59. The lowest BCUT2D eigenvalue weighted by molar-refractivity contribution is -0.144. The van der Waals surface area contributed by atoms with Crippen LogP contribution in [0.25, 0.3) is 0 Å². The standard InChI is InChI=1S/C15H18FNO5/c1-2-22-14(19)8-7-13(18)17-12(15(20)21)9-10-3-5-11(16)6-4-10/h3-6,12H,2,7-9H2,1H3,(H,17,18)(H,20,21)/t12-/m0/s1. The molecule has 0 saturated carbocycles. The van der Waals surface area contributed by atoms with Crippen LogP contribution in [0.3, 0.4) is 0 Å². The smallest absolute Gasteiger partial charge is 0.326 e. The topological polar surface area (TPSA) is 92.7 Å². The van der Waals surface area contributed by atoms with E-state index in [2.05, 4.69) is 10.1 Å². The van der Waals surface area contributed by atoms with Crippen LogP contribution in [0.2, 0.25) is 0 Å². The van der Waals surface area contributed by atoms with E-state index >= 15 is 0 Å². The van der Waals surface area contributed by atoms with Crippen LogP contribution in [0.15, 0.2) is 24.3 Å². The minimum Gasteiger partial charge on any atom is -0.480 e. The van der Waals surface area contributed by atoms with E-state index in [-0.39, 0.29) is 25.9 Å². The zero-order valence-corrected chi connectivity index (χ0v) is 12.2. The molecule has 1 atom stereocenters. The Balaban J connectivity index is 2.53. The molecule has 0 fully saturated rings. The van der Waals surface area contributed by atoms with E-state index in [0.29, 0.717) is 5.56 Å². The minimum absolute atomic E-state index is 0.0285. The molecule has 0 heterocycles. The number of carboxylic acids is 1. The predicted molar refractivity (Wildman–Crippen MR) is 75.5 cm³/mol. The van der Waals surface area contributed by atoms with Crippen molar-refractivity contribution >= 4 is 17.8 Å². The largest absolute Gasteiger partial charge is 0.480 e. The number of benzene rings is 1. The average molecular weight is 311 g/mol. The molecular formula is C15H18FNO5. The van der Waals surface area contributed by atoms with Crippen LogP contribution in [-0.2, 0) is 25.5 Å². The summed E-state index contributed by atoms with van der Waals surface area (Å²) in [5.41, 5.74) is 0.583. The van der Waals surface area contributed by atoms with Gasteiger partial charge in [0.1, 0.15) is 11.9 Å². The Bertz CT molecular complexity index is 529. The molecule has 0 aliphatic rings. The number of carbonyl (C=O) groups excluding carboxylic acids is 2. The number of ether oxygens (including phenoxy) is 1. The Morgan fingerprint density at radius 1 is 1.23 bits per heavy atom. The summed E-state index contributed by atoms with van der Waals surface area (Å²) in [5.74, 6) is -2.69. The number of hydrogen-bond donors (Lipinski definition) is 2. The van der Waals surface area contributed by atoms with E-state index in [9.17, 15) is 18.8 Å². The van der Waals surface area contributed by atoms with Crippen molar-refractivity contribution in [2.45, 2.75) is 32.2 Å². The molecule has 22 heavy (non-hydrogen) atoms. The minimum atomic E-state index is -1.20. The van der Waals surface area contributed by atoms with Crippen molar-refractivity contribution in [1.82, 2.24) is 5.32 Å². The Hall–Kier alpha value is -2.44. The van der Waals surface area contributed by atoms with Crippen molar-refractivity contribution in [3.05, 3.63) is 35.6 Å². The van der Waals surface area contributed by atoms with Crippen LogP contribution in [0.1, 0.15) is 25.3 Å². The first-order chi connectivity index (χ1) is 10.4. The van der Waals surface area contributed by atoms with Crippen LogP contribution in [0.5, 0.6) is 0 Å².